The van der Waals surface area contributed by atoms with Crippen LogP contribution in [0.25, 0.3) is 0 Å². The van der Waals surface area contributed by atoms with Crippen LogP contribution >= 0.6 is 12.2 Å². The van der Waals surface area contributed by atoms with Crippen LogP contribution in [0.4, 0.5) is 5.69 Å². The third-order valence-corrected chi connectivity index (χ3v) is 4.58. The summed E-state index contributed by atoms with van der Waals surface area (Å²) in [6, 6.07) is 19.2. The van der Waals surface area contributed by atoms with Gasteiger partial charge in [0.05, 0.1) is 6.04 Å². The highest BCUT2D eigenvalue weighted by Gasteiger charge is 2.38. The molecule has 0 saturated carbocycles. The second-order valence-electron chi connectivity index (χ2n) is 5.64. The first kappa shape index (κ1) is 13.6. The van der Waals surface area contributed by atoms with Crippen LogP contribution in [-0.2, 0) is 15.9 Å². The minimum atomic E-state index is -0.0685. The van der Waals surface area contributed by atoms with E-state index in [4.69, 9.17) is 21.7 Å². The number of thiocarbonyl (C=S) groups is 1. The van der Waals surface area contributed by atoms with Crippen molar-refractivity contribution in [2.75, 3.05) is 18.1 Å². The van der Waals surface area contributed by atoms with Crippen molar-refractivity contribution < 1.29 is 9.47 Å². The number of anilines is 1. The van der Waals surface area contributed by atoms with Crippen molar-refractivity contribution in [2.24, 2.45) is 0 Å². The van der Waals surface area contributed by atoms with Crippen molar-refractivity contribution in [2.45, 2.75) is 18.6 Å². The molecule has 0 spiro atoms. The molecule has 0 radical (unpaired) electrons. The predicted molar refractivity (Wildman–Crippen MR) is 90.1 cm³/mol. The number of fused-ring (bicyclic) bond motifs is 1. The van der Waals surface area contributed by atoms with Crippen LogP contribution in [0.3, 0.4) is 0 Å². The Bertz CT molecular complexity index is 688. The van der Waals surface area contributed by atoms with E-state index in [1.54, 1.807) is 0 Å². The average molecular weight is 311 g/mol. The summed E-state index contributed by atoms with van der Waals surface area (Å²) in [7, 11) is 0. The van der Waals surface area contributed by atoms with Crippen molar-refractivity contribution in [3.8, 4) is 0 Å². The Balaban J connectivity index is 1.74. The van der Waals surface area contributed by atoms with Crippen LogP contribution in [0, 0.1) is 0 Å². The Morgan fingerprint density at radius 1 is 1.05 bits per heavy atom. The van der Waals surface area contributed by atoms with E-state index in [-0.39, 0.29) is 17.4 Å². The lowest BCUT2D eigenvalue weighted by molar-refractivity contribution is 0.191. The molecule has 2 unspecified atom stereocenters. The molecule has 2 heterocycles. The summed E-state index contributed by atoms with van der Waals surface area (Å²) < 4.78 is 11.2. The van der Waals surface area contributed by atoms with E-state index in [0.717, 1.165) is 13.0 Å². The van der Waals surface area contributed by atoms with Crippen LogP contribution in [0.2, 0.25) is 0 Å². The molecule has 1 saturated heterocycles. The lowest BCUT2D eigenvalue weighted by atomic mass is 9.99. The quantitative estimate of drug-likeness (QED) is 0.809. The fourth-order valence-corrected chi connectivity index (χ4v) is 3.59. The number of rotatable bonds is 3. The summed E-state index contributed by atoms with van der Waals surface area (Å²) in [6.07, 6.45) is 0.999. The van der Waals surface area contributed by atoms with Gasteiger partial charge >= 0.3 is 5.24 Å². The number of para-hydroxylation sites is 1. The summed E-state index contributed by atoms with van der Waals surface area (Å²) in [5.74, 6) is 0. The van der Waals surface area contributed by atoms with Gasteiger partial charge in [0.15, 0.2) is 6.10 Å². The van der Waals surface area contributed by atoms with E-state index < -0.39 is 0 Å². The predicted octanol–water partition coefficient (Wildman–Crippen LogP) is 3.49. The molecule has 0 N–H and O–H groups in total. The van der Waals surface area contributed by atoms with Crippen molar-refractivity contribution in [1.29, 1.82) is 0 Å². The van der Waals surface area contributed by atoms with E-state index in [1.807, 2.05) is 6.07 Å². The average Bonchev–Trinajstić information content (AvgIpc) is 3.16. The fraction of sp³-hybridized carbons (Fsp3) is 0.278. The molecule has 0 aromatic heterocycles. The number of benzene rings is 2. The highest BCUT2D eigenvalue weighted by atomic mass is 32.1. The number of ether oxygens (including phenoxy) is 2. The molecule has 3 nitrogen and oxygen atoms in total. The van der Waals surface area contributed by atoms with Crippen molar-refractivity contribution in [3.05, 3.63) is 65.7 Å². The second-order valence-corrected chi connectivity index (χ2v) is 5.98. The number of nitrogens with zero attached hydrogens (tertiary/aromatic N) is 1. The van der Waals surface area contributed by atoms with Gasteiger partial charge in [-0.3, -0.25) is 0 Å². The first-order valence-corrected chi connectivity index (χ1v) is 7.96. The minimum absolute atomic E-state index is 0.0685. The van der Waals surface area contributed by atoms with E-state index in [1.165, 1.54) is 16.8 Å². The molecular formula is C18H17NO2S. The third kappa shape index (κ3) is 2.33. The van der Waals surface area contributed by atoms with Gasteiger partial charge in [0.25, 0.3) is 0 Å². The van der Waals surface area contributed by atoms with Crippen LogP contribution < -0.4 is 4.90 Å². The maximum Gasteiger partial charge on any atom is 0.352 e. The van der Waals surface area contributed by atoms with Gasteiger partial charge in [-0.1, -0.05) is 48.5 Å². The minimum Gasteiger partial charge on any atom is -0.453 e. The molecule has 0 aliphatic carbocycles. The van der Waals surface area contributed by atoms with Crippen molar-refractivity contribution in [3.63, 3.8) is 0 Å². The van der Waals surface area contributed by atoms with Crippen LogP contribution in [0.1, 0.15) is 17.2 Å². The molecule has 2 aliphatic rings. The summed E-state index contributed by atoms with van der Waals surface area (Å²) >= 11 is 5.05. The summed E-state index contributed by atoms with van der Waals surface area (Å²) in [5.41, 5.74) is 3.92. The van der Waals surface area contributed by atoms with Gasteiger partial charge in [-0.05, 0) is 23.6 Å². The number of hydrogen-bond donors (Lipinski definition) is 0. The van der Waals surface area contributed by atoms with Gasteiger partial charge in [0.1, 0.15) is 6.61 Å². The molecule has 4 heteroatoms. The Morgan fingerprint density at radius 2 is 1.82 bits per heavy atom. The first-order valence-electron chi connectivity index (χ1n) is 7.56. The molecule has 2 aromatic rings. The maximum absolute atomic E-state index is 5.77. The zero-order chi connectivity index (χ0) is 14.9. The first-order chi connectivity index (χ1) is 10.8. The smallest absolute Gasteiger partial charge is 0.352 e. The molecular weight excluding hydrogens is 294 g/mol. The zero-order valence-corrected chi connectivity index (χ0v) is 13.0. The largest absolute Gasteiger partial charge is 0.453 e. The lowest BCUT2D eigenvalue weighted by Gasteiger charge is -2.33. The van der Waals surface area contributed by atoms with Gasteiger partial charge in [0, 0.05) is 24.5 Å². The normalized spacial score (nSPS) is 21.2. The van der Waals surface area contributed by atoms with Crippen molar-refractivity contribution >= 4 is 23.1 Å². The van der Waals surface area contributed by atoms with Gasteiger partial charge in [0.2, 0.25) is 0 Å². The SMILES string of the molecule is S=C1OCC(C(c2ccccc2)N2CCc3ccccc32)O1. The molecule has 4 rings (SSSR count). The second kappa shape index (κ2) is 5.61. The molecule has 0 bridgehead atoms. The Labute approximate surface area is 135 Å². The lowest BCUT2D eigenvalue weighted by Crippen LogP contribution is -2.37. The van der Waals surface area contributed by atoms with E-state index in [0.29, 0.717) is 6.61 Å². The van der Waals surface area contributed by atoms with Gasteiger partial charge in [-0.15, -0.1) is 0 Å². The van der Waals surface area contributed by atoms with E-state index in [2.05, 4.69) is 53.4 Å². The topological polar surface area (TPSA) is 21.7 Å². The van der Waals surface area contributed by atoms with Gasteiger partial charge in [-0.25, -0.2) is 0 Å². The van der Waals surface area contributed by atoms with Crippen LogP contribution in [0.15, 0.2) is 54.6 Å². The summed E-state index contributed by atoms with van der Waals surface area (Å²) in [6.45, 7) is 1.50. The Kier molecular flexibility index (Phi) is 3.47. The molecule has 2 atom stereocenters. The third-order valence-electron chi connectivity index (χ3n) is 4.37. The number of hydrogen-bond acceptors (Lipinski definition) is 4. The monoisotopic (exact) mass is 311 g/mol. The fourth-order valence-electron chi connectivity index (χ4n) is 3.40. The molecule has 22 heavy (non-hydrogen) atoms. The molecule has 112 valence electrons. The van der Waals surface area contributed by atoms with Crippen LogP contribution in [0.5, 0.6) is 0 Å². The Morgan fingerprint density at radius 3 is 2.59 bits per heavy atom. The van der Waals surface area contributed by atoms with Gasteiger partial charge in [-0.2, -0.15) is 0 Å². The molecule has 1 fully saturated rings. The highest BCUT2D eigenvalue weighted by molar-refractivity contribution is 7.79. The van der Waals surface area contributed by atoms with Gasteiger partial charge < -0.3 is 14.4 Å². The summed E-state index contributed by atoms with van der Waals surface area (Å²) in [5, 5.41) is 0.262. The van der Waals surface area contributed by atoms with Crippen LogP contribution in [-0.4, -0.2) is 24.5 Å². The highest BCUT2D eigenvalue weighted by Crippen LogP contribution is 2.38. The van der Waals surface area contributed by atoms with E-state index >= 15 is 0 Å². The molecule has 2 aliphatic heterocycles. The molecule has 0 amide bonds. The summed E-state index contributed by atoms with van der Waals surface area (Å²) in [4.78, 5) is 2.42. The van der Waals surface area contributed by atoms with Crippen molar-refractivity contribution in [1.82, 2.24) is 0 Å². The maximum atomic E-state index is 5.77. The molecule has 2 aromatic carbocycles. The zero-order valence-electron chi connectivity index (χ0n) is 12.1. The Hall–Kier alpha value is -2.07. The standard InChI is InChI=1S/C18H17NO2S/c22-18-20-12-16(21-18)17(14-7-2-1-3-8-14)19-11-10-13-6-4-5-9-15(13)19/h1-9,16-17H,10-12H2. The van der Waals surface area contributed by atoms with E-state index in [9.17, 15) is 0 Å².